The van der Waals surface area contributed by atoms with Gasteiger partial charge in [-0.15, -0.1) is 0 Å². The van der Waals surface area contributed by atoms with Crippen molar-refractivity contribution in [1.29, 1.82) is 0 Å². The van der Waals surface area contributed by atoms with E-state index in [-0.39, 0.29) is 23.7 Å². The first-order valence-corrected chi connectivity index (χ1v) is 12.1. The van der Waals surface area contributed by atoms with Crippen LogP contribution in [0.4, 0.5) is 13.2 Å². The Balaban J connectivity index is 1.40. The SMILES string of the molecule is COc1ccc2c(c1)[C@]13CCN(CC4CC4)[C@H](C2)[C@]12CCC(NC(=O)CC(F)(F)F)(CO2)C3. The van der Waals surface area contributed by atoms with E-state index >= 15 is 0 Å². The number of hydrogen-bond acceptors (Lipinski definition) is 4. The van der Waals surface area contributed by atoms with Crippen molar-refractivity contribution in [2.75, 3.05) is 26.8 Å². The summed E-state index contributed by atoms with van der Waals surface area (Å²) in [5.41, 5.74) is 1.03. The lowest BCUT2D eigenvalue weighted by atomic mass is 9.45. The summed E-state index contributed by atoms with van der Waals surface area (Å²) in [6.07, 6.45) is 0.458. The van der Waals surface area contributed by atoms with Gasteiger partial charge in [0.05, 0.1) is 24.9 Å². The number of nitrogens with zero attached hydrogens (tertiary/aromatic N) is 1. The summed E-state index contributed by atoms with van der Waals surface area (Å²) in [5, 5.41) is 2.79. The van der Waals surface area contributed by atoms with Crippen molar-refractivity contribution in [2.24, 2.45) is 5.92 Å². The van der Waals surface area contributed by atoms with Crippen LogP contribution < -0.4 is 10.1 Å². The molecule has 1 aromatic carbocycles. The summed E-state index contributed by atoms with van der Waals surface area (Å²) in [6.45, 7) is 2.34. The van der Waals surface area contributed by atoms with Crippen molar-refractivity contribution in [3.05, 3.63) is 29.3 Å². The van der Waals surface area contributed by atoms with Crippen LogP contribution in [0.15, 0.2) is 18.2 Å². The Kier molecular flexibility index (Phi) is 4.68. The summed E-state index contributed by atoms with van der Waals surface area (Å²) < 4.78 is 51.0. The molecule has 3 heterocycles. The van der Waals surface area contributed by atoms with Gasteiger partial charge in [-0.05, 0) is 80.7 Å². The van der Waals surface area contributed by atoms with E-state index in [1.165, 1.54) is 24.0 Å². The number of methoxy groups -OCH3 is 1. The van der Waals surface area contributed by atoms with Gasteiger partial charge in [-0.3, -0.25) is 9.69 Å². The van der Waals surface area contributed by atoms with E-state index in [1.807, 2.05) is 6.07 Å². The third-order valence-corrected chi connectivity index (χ3v) is 9.04. The molecule has 2 saturated carbocycles. The minimum Gasteiger partial charge on any atom is -0.497 e. The summed E-state index contributed by atoms with van der Waals surface area (Å²) in [7, 11) is 1.65. The van der Waals surface area contributed by atoms with Gasteiger partial charge in [0.1, 0.15) is 12.2 Å². The zero-order chi connectivity index (χ0) is 23.1. The fraction of sp³-hybridized carbons (Fsp3) is 0.720. The Hall–Kier alpha value is -1.80. The van der Waals surface area contributed by atoms with Crippen molar-refractivity contribution in [3.63, 3.8) is 0 Å². The molecule has 1 amide bonds. The first-order valence-electron chi connectivity index (χ1n) is 12.1. The van der Waals surface area contributed by atoms with Crippen LogP contribution in [0.2, 0.25) is 0 Å². The highest BCUT2D eigenvalue weighted by Gasteiger charge is 2.71. The molecule has 6 aliphatic rings. The number of rotatable bonds is 5. The van der Waals surface area contributed by atoms with Crippen molar-refractivity contribution < 1.29 is 27.4 Å². The van der Waals surface area contributed by atoms with E-state index in [2.05, 4.69) is 22.3 Å². The van der Waals surface area contributed by atoms with Gasteiger partial charge in [-0.1, -0.05) is 6.07 Å². The van der Waals surface area contributed by atoms with E-state index in [0.29, 0.717) is 12.8 Å². The molecule has 3 aliphatic carbocycles. The number of fused-ring (bicyclic) bond motifs is 3. The largest absolute Gasteiger partial charge is 0.497 e. The molecule has 1 spiro atoms. The van der Waals surface area contributed by atoms with Crippen molar-refractivity contribution in [2.45, 2.75) is 80.1 Å². The minimum atomic E-state index is -4.52. The molecule has 4 atom stereocenters. The van der Waals surface area contributed by atoms with Gasteiger partial charge in [0.25, 0.3) is 0 Å². The van der Waals surface area contributed by atoms with Gasteiger partial charge >= 0.3 is 6.18 Å². The van der Waals surface area contributed by atoms with Crippen LogP contribution >= 0.6 is 0 Å². The average Bonchev–Trinajstić information content (AvgIpc) is 3.58. The molecule has 5 nitrogen and oxygen atoms in total. The van der Waals surface area contributed by atoms with Crippen LogP contribution in [0, 0.1) is 5.92 Å². The first-order chi connectivity index (χ1) is 15.7. The topological polar surface area (TPSA) is 50.8 Å². The van der Waals surface area contributed by atoms with Crippen molar-refractivity contribution >= 4 is 5.91 Å². The normalized spacial score (nSPS) is 37.3. The number of piperidine rings is 1. The highest BCUT2D eigenvalue weighted by Crippen LogP contribution is 2.65. The maximum Gasteiger partial charge on any atom is 0.397 e. The predicted molar refractivity (Wildman–Crippen MR) is 115 cm³/mol. The summed E-state index contributed by atoms with van der Waals surface area (Å²) >= 11 is 0. The Morgan fingerprint density at radius 2 is 2.09 bits per heavy atom. The number of nitrogens with one attached hydrogen (secondary N) is 1. The summed E-state index contributed by atoms with van der Waals surface area (Å²) in [6, 6.07) is 6.51. The van der Waals surface area contributed by atoms with Crippen LogP contribution in [0.25, 0.3) is 0 Å². The van der Waals surface area contributed by atoms with Gasteiger partial charge in [-0.25, -0.2) is 0 Å². The fourth-order valence-corrected chi connectivity index (χ4v) is 7.53. The number of alkyl halides is 3. The van der Waals surface area contributed by atoms with Crippen molar-refractivity contribution in [1.82, 2.24) is 10.2 Å². The van der Waals surface area contributed by atoms with Gasteiger partial charge in [0, 0.05) is 18.0 Å². The Morgan fingerprint density at radius 3 is 2.76 bits per heavy atom. The number of amides is 1. The van der Waals surface area contributed by atoms with Crippen LogP contribution in [0.3, 0.4) is 0 Å². The lowest BCUT2D eigenvalue weighted by Crippen LogP contribution is -2.81. The Morgan fingerprint density at radius 1 is 1.27 bits per heavy atom. The molecule has 8 heteroatoms. The molecule has 1 aromatic rings. The van der Waals surface area contributed by atoms with Crippen LogP contribution in [-0.2, 0) is 21.4 Å². The van der Waals surface area contributed by atoms with Gasteiger partial charge in [-0.2, -0.15) is 13.2 Å². The summed E-state index contributed by atoms with van der Waals surface area (Å²) in [4.78, 5) is 15.0. The number of carbonyl (C=O) groups excluding carboxylic acids is 1. The standard InChI is InChI=1S/C25H31F3N2O3/c1-32-18-5-4-17-10-20-24-7-6-22(15-33-24,29-21(31)12-25(26,27)28)14-23(24,19(17)11-18)8-9-30(20)13-16-2-3-16/h4-5,11,16,20H,2-3,6-10,12-15H2,1H3,(H,29,31)/t20-,22?,23-,24-/m1/s1. The average molecular weight is 465 g/mol. The zero-order valence-electron chi connectivity index (χ0n) is 19.0. The van der Waals surface area contributed by atoms with E-state index in [4.69, 9.17) is 9.47 Å². The van der Waals surface area contributed by atoms with E-state index in [1.54, 1.807) is 7.11 Å². The Labute approximate surface area is 192 Å². The van der Waals surface area contributed by atoms with Crippen molar-refractivity contribution in [3.8, 4) is 5.75 Å². The number of halogens is 3. The second kappa shape index (κ2) is 7.11. The van der Waals surface area contributed by atoms with Gasteiger partial charge in [0.2, 0.25) is 5.91 Å². The quantitative estimate of drug-likeness (QED) is 0.722. The highest BCUT2D eigenvalue weighted by atomic mass is 19.4. The molecule has 3 aliphatic heterocycles. The molecule has 1 N–H and O–H groups in total. The van der Waals surface area contributed by atoms with E-state index in [9.17, 15) is 18.0 Å². The number of carbonyl (C=O) groups is 1. The second-order valence-electron chi connectivity index (χ2n) is 11.0. The predicted octanol–water partition coefficient (Wildman–Crippen LogP) is 3.73. The van der Waals surface area contributed by atoms with Crippen LogP contribution in [-0.4, -0.2) is 61.0 Å². The maximum atomic E-state index is 12.9. The summed E-state index contributed by atoms with van der Waals surface area (Å²) in [5.74, 6) is 0.606. The smallest absolute Gasteiger partial charge is 0.397 e. The molecule has 1 unspecified atom stereocenters. The molecule has 4 bridgehead atoms. The number of likely N-dealkylation sites (tertiary alicyclic amines) is 1. The van der Waals surface area contributed by atoms with E-state index in [0.717, 1.165) is 44.0 Å². The Bertz CT molecular complexity index is 968. The lowest BCUT2D eigenvalue weighted by Gasteiger charge is -2.71. The molecule has 7 rings (SSSR count). The molecular formula is C25H31F3N2O3. The second-order valence-corrected chi connectivity index (χ2v) is 11.0. The lowest BCUT2D eigenvalue weighted by molar-refractivity contribution is -0.263. The molecule has 0 radical (unpaired) electrons. The highest BCUT2D eigenvalue weighted by molar-refractivity contribution is 5.77. The molecule has 180 valence electrons. The minimum absolute atomic E-state index is 0.261. The van der Waals surface area contributed by atoms with E-state index < -0.39 is 24.0 Å². The van der Waals surface area contributed by atoms with Gasteiger partial charge in [0.15, 0.2) is 0 Å². The van der Waals surface area contributed by atoms with Gasteiger partial charge < -0.3 is 14.8 Å². The molecule has 0 aromatic heterocycles. The number of hydrogen-bond donors (Lipinski definition) is 1. The molecule has 33 heavy (non-hydrogen) atoms. The fourth-order valence-electron chi connectivity index (χ4n) is 7.53. The maximum absolute atomic E-state index is 12.9. The monoisotopic (exact) mass is 464 g/mol. The zero-order valence-corrected chi connectivity index (χ0v) is 19.0. The number of benzene rings is 1. The molecular weight excluding hydrogens is 433 g/mol. The first kappa shape index (κ1) is 21.7. The third kappa shape index (κ3) is 3.31. The molecule has 5 fully saturated rings. The van der Waals surface area contributed by atoms with Crippen LogP contribution in [0.1, 0.15) is 56.1 Å². The van der Waals surface area contributed by atoms with Crippen LogP contribution in [0.5, 0.6) is 5.75 Å². The molecule has 3 saturated heterocycles. The third-order valence-electron chi connectivity index (χ3n) is 9.04. The number of ether oxygens (including phenoxy) is 2.